The zero-order valence-electron chi connectivity index (χ0n) is 13.0. The van der Waals surface area contributed by atoms with Crippen LogP contribution in [0.1, 0.15) is 49.0 Å². The van der Waals surface area contributed by atoms with Gasteiger partial charge in [-0.25, -0.2) is 4.39 Å². The first-order valence-corrected chi connectivity index (χ1v) is 7.77. The Balaban J connectivity index is 1.73. The standard InChI is InChI=1S/C17H21FN2O2/c1-17(2,11-4-5-11)9-19-16(22)12-7-10-3-6-15(21)20-14(10)8-13(12)18/h7-8,11H,3-6,9H2,1-2H3,(H,19,22)(H,20,21). The number of nitrogens with one attached hydrogen (secondary N) is 2. The highest BCUT2D eigenvalue weighted by atomic mass is 19.1. The lowest BCUT2D eigenvalue weighted by atomic mass is 9.87. The third-order valence-electron chi connectivity index (χ3n) is 4.72. The van der Waals surface area contributed by atoms with Crippen LogP contribution < -0.4 is 10.6 Å². The van der Waals surface area contributed by atoms with Crippen molar-refractivity contribution in [1.82, 2.24) is 5.32 Å². The van der Waals surface area contributed by atoms with Crippen LogP contribution in [0.2, 0.25) is 0 Å². The van der Waals surface area contributed by atoms with Gasteiger partial charge in [0.05, 0.1) is 5.56 Å². The molecule has 5 heteroatoms. The molecule has 1 aromatic carbocycles. The van der Waals surface area contributed by atoms with E-state index in [-0.39, 0.29) is 22.8 Å². The fourth-order valence-corrected chi connectivity index (χ4v) is 2.99. The average Bonchev–Trinajstić information content (AvgIpc) is 3.29. The van der Waals surface area contributed by atoms with Gasteiger partial charge in [0.25, 0.3) is 5.91 Å². The van der Waals surface area contributed by atoms with Crippen molar-refractivity contribution in [2.75, 3.05) is 11.9 Å². The van der Waals surface area contributed by atoms with Crippen molar-refractivity contribution in [3.05, 3.63) is 29.1 Å². The number of aryl methyl sites for hydroxylation is 1. The molecule has 1 saturated carbocycles. The van der Waals surface area contributed by atoms with E-state index in [2.05, 4.69) is 24.5 Å². The van der Waals surface area contributed by atoms with Gasteiger partial charge < -0.3 is 10.6 Å². The van der Waals surface area contributed by atoms with E-state index in [1.165, 1.54) is 18.9 Å². The number of anilines is 1. The molecule has 0 spiro atoms. The van der Waals surface area contributed by atoms with E-state index in [0.717, 1.165) is 5.56 Å². The summed E-state index contributed by atoms with van der Waals surface area (Å²) >= 11 is 0. The Hall–Kier alpha value is -1.91. The van der Waals surface area contributed by atoms with Crippen LogP contribution in [-0.4, -0.2) is 18.4 Å². The number of fused-ring (bicyclic) bond motifs is 1. The van der Waals surface area contributed by atoms with Gasteiger partial charge in [0.1, 0.15) is 5.82 Å². The van der Waals surface area contributed by atoms with E-state index in [4.69, 9.17) is 0 Å². The highest BCUT2D eigenvalue weighted by Gasteiger charge is 2.37. The summed E-state index contributed by atoms with van der Waals surface area (Å²) in [5.41, 5.74) is 1.40. The minimum atomic E-state index is -0.595. The molecule has 1 aromatic rings. The number of hydrogen-bond donors (Lipinski definition) is 2. The number of amides is 2. The van der Waals surface area contributed by atoms with E-state index < -0.39 is 5.82 Å². The van der Waals surface area contributed by atoms with Crippen molar-refractivity contribution in [3.8, 4) is 0 Å². The quantitative estimate of drug-likeness (QED) is 0.898. The summed E-state index contributed by atoms with van der Waals surface area (Å²) in [5, 5.41) is 5.49. The fourth-order valence-electron chi connectivity index (χ4n) is 2.99. The molecule has 0 saturated heterocycles. The summed E-state index contributed by atoms with van der Waals surface area (Å²) in [5.74, 6) is -0.444. The molecular formula is C17H21FN2O2. The van der Waals surface area contributed by atoms with Crippen molar-refractivity contribution < 1.29 is 14.0 Å². The molecule has 2 amide bonds. The Morgan fingerprint density at radius 1 is 1.36 bits per heavy atom. The van der Waals surface area contributed by atoms with Crippen LogP contribution in [0, 0.1) is 17.2 Å². The summed E-state index contributed by atoms with van der Waals surface area (Å²) in [6.07, 6.45) is 3.31. The maximum atomic E-state index is 14.1. The van der Waals surface area contributed by atoms with Crippen LogP contribution in [0.15, 0.2) is 12.1 Å². The average molecular weight is 304 g/mol. The van der Waals surface area contributed by atoms with Crippen LogP contribution in [0.3, 0.4) is 0 Å². The van der Waals surface area contributed by atoms with Crippen molar-refractivity contribution in [3.63, 3.8) is 0 Å². The molecular weight excluding hydrogens is 283 g/mol. The minimum Gasteiger partial charge on any atom is -0.351 e. The summed E-state index contributed by atoms with van der Waals surface area (Å²) < 4.78 is 14.1. The Morgan fingerprint density at radius 3 is 2.77 bits per heavy atom. The van der Waals surface area contributed by atoms with Crippen LogP contribution in [-0.2, 0) is 11.2 Å². The molecule has 118 valence electrons. The van der Waals surface area contributed by atoms with E-state index >= 15 is 0 Å². The molecule has 0 atom stereocenters. The minimum absolute atomic E-state index is 0.0499. The number of carbonyl (C=O) groups excluding carboxylic acids is 2. The molecule has 1 heterocycles. The number of hydrogen-bond acceptors (Lipinski definition) is 2. The Bertz CT molecular complexity index is 636. The predicted octanol–water partition coefficient (Wildman–Crippen LogP) is 2.88. The number of carbonyl (C=O) groups is 2. The van der Waals surface area contributed by atoms with Gasteiger partial charge in [-0.2, -0.15) is 0 Å². The van der Waals surface area contributed by atoms with Gasteiger partial charge in [0, 0.05) is 18.7 Å². The predicted molar refractivity (Wildman–Crippen MR) is 82.2 cm³/mol. The first kappa shape index (κ1) is 15.0. The summed E-state index contributed by atoms with van der Waals surface area (Å²) in [4.78, 5) is 23.6. The largest absolute Gasteiger partial charge is 0.351 e. The Labute approximate surface area is 129 Å². The smallest absolute Gasteiger partial charge is 0.254 e. The van der Waals surface area contributed by atoms with Crippen LogP contribution in [0.25, 0.3) is 0 Å². The first-order valence-electron chi connectivity index (χ1n) is 7.77. The number of halogens is 1. The van der Waals surface area contributed by atoms with E-state index in [1.54, 1.807) is 6.07 Å². The SMILES string of the molecule is CC(C)(CNC(=O)c1cc2c(cc1F)NC(=O)CC2)C1CC1. The zero-order valence-corrected chi connectivity index (χ0v) is 13.0. The molecule has 1 aliphatic heterocycles. The van der Waals surface area contributed by atoms with Gasteiger partial charge in [0.2, 0.25) is 5.91 Å². The van der Waals surface area contributed by atoms with E-state index in [0.29, 0.717) is 31.0 Å². The lowest BCUT2D eigenvalue weighted by molar-refractivity contribution is -0.116. The molecule has 4 nitrogen and oxygen atoms in total. The van der Waals surface area contributed by atoms with Gasteiger partial charge in [0.15, 0.2) is 0 Å². The van der Waals surface area contributed by atoms with Gasteiger partial charge in [-0.05, 0) is 48.3 Å². The highest BCUT2D eigenvalue weighted by Crippen LogP contribution is 2.44. The third-order valence-corrected chi connectivity index (χ3v) is 4.72. The monoisotopic (exact) mass is 304 g/mol. The highest BCUT2D eigenvalue weighted by molar-refractivity contribution is 5.98. The molecule has 2 N–H and O–H groups in total. The van der Waals surface area contributed by atoms with Crippen molar-refractivity contribution >= 4 is 17.5 Å². The lowest BCUT2D eigenvalue weighted by Gasteiger charge is -2.25. The maximum absolute atomic E-state index is 14.1. The van der Waals surface area contributed by atoms with E-state index in [9.17, 15) is 14.0 Å². The van der Waals surface area contributed by atoms with E-state index in [1.807, 2.05) is 0 Å². The summed E-state index contributed by atoms with van der Waals surface area (Å²) in [6, 6.07) is 2.80. The third kappa shape index (κ3) is 2.98. The molecule has 1 fully saturated rings. The van der Waals surface area contributed by atoms with Gasteiger partial charge in [-0.1, -0.05) is 13.8 Å². The van der Waals surface area contributed by atoms with Crippen LogP contribution in [0.4, 0.5) is 10.1 Å². The van der Waals surface area contributed by atoms with Crippen molar-refractivity contribution in [1.29, 1.82) is 0 Å². The Morgan fingerprint density at radius 2 is 2.09 bits per heavy atom. The van der Waals surface area contributed by atoms with Gasteiger partial charge in [-0.3, -0.25) is 9.59 Å². The Kier molecular flexibility index (Phi) is 3.67. The second kappa shape index (κ2) is 5.38. The van der Waals surface area contributed by atoms with Crippen LogP contribution in [0.5, 0.6) is 0 Å². The molecule has 3 rings (SSSR count). The molecule has 0 bridgehead atoms. The second-order valence-electron chi connectivity index (χ2n) is 6.98. The second-order valence-corrected chi connectivity index (χ2v) is 6.98. The van der Waals surface area contributed by atoms with Gasteiger partial charge in [-0.15, -0.1) is 0 Å². The fraction of sp³-hybridized carbons (Fsp3) is 0.529. The number of benzene rings is 1. The number of rotatable bonds is 4. The molecule has 2 aliphatic rings. The zero-order chi connectivity index (χ0) is 15.9. The maximum Gasteiger partial charge on any atom is 0.254 e. The molecule has 22 heavy (non-hydrogen) atoms. The molecule has 0 radical (unpaired) electrons. The molecule has 0 aromatic heterocycles. The molecule has 1 aliphatic carbocycles. The topological polar surface area (TPSA) is 58.2 Å². The van der Waals surface area contributed by atoms with Crippen molar-refractivity contribution in [2.24, 2.45) is 11.3 Å². The molecule has 0 unspecified atom stereocenters. The van der Waals surface area contributed by atoms with Crippen LogP contribution >= 0.6 is 0 Å². The van der Waals surface area contributed by atoms with Gasteiger partial charge >= 0.3 is 0 Å². The van der Waals surface area contributed by atoms with Crippen molar-refractivity contribution in [2.45, 2.75) is 39.5 Å². The lowest BCUT2D eigenvalue weighted by Crippen LogP contribution is -2.35. The summed E-state index contributed by atoms with van der Waals surface area (Å²) in [7, 11) is 0. The summed E-state index contributed by atoms with van der Waals surface area (Å²) in [6.45, 7) is 4.80. The normalized spacial score (nSPS) is 17.7. The first-order chi connectivity index (χ1) is 10.4.